The molecule has 0 aliphatic carbocycles. The molecular formula is C15H32N2O. The minimum absolute atomic E-state index is 0.0137. The number of nitrogens with one attached hydrogen (secondary N) is 1. The van der Waals surface area contributed by atoms with Crippen molar-refractivity contribution in [3.63, 3.8) is 0 Å². The Morgan fingerprint density at radius 2 is 1.50 bits per heavy atom. The van der Waals surface area contributed by atoms with Crippen LogP contribution in [-0.2, 0) is 4.79 Å². The maximum absolute atomic E-state index is 11.5. The van der Waals surface area contributed by atoms with Crippen LogP contribution in [0.15, 0.2) is 0 Å². The van der Waals surface area contributed by atoms with Crippen molar-refractivity contribution in [2.45, 2.75) is 84.1 Å². The van der Waals surface area contributed by atoms with Crippen LogP contribution in [0.2, 0.25) is 0 Å². The van der Waals surface area contributed by atoms with Crippen LogP contribution in [0.4, 0.5) is 0 Å². The highest BCUT2D eigenvalue weighted by molar-refractivity contribution is 5.81. The third-order valence-electron chi connectivity index (χ3n) is 3.27. The molecule has 108 valence electrons. The second-order valence-electron chi connectivity index (χ2n) is 5.16. The van der Waals surface area contributed by atoms with Crippen molar-refractivity contribution in [3.05, 3.63) is 0 Å². The lowest BCUT2D eigenvalue weighted by Gasteiger charge is -2.10. The zero-order chi connectivity index (χ0) is 13.6. The number of hydrogen-bond acceptors (Lipinski definition) is 2. The lowest BCUT2D eigenvalue weighted by molar-refractivity contribution is -0.122. The average molecular weight is 256 g/mol. The van der Waals surface area contributed by atoms with Gasteiger partial charge in [-0.15, -0.1) is 0 Å². The van der Waals surface area contributed by atoms with Gasteiger partial charge in [-0.05, 0) is 12.8 Å². The van der Waals surface area contributed by atoms with Crippen molar-refractivity contribution in [3.8, 4) is 0 Å². The molecule has 1 amide bonds. The molecule has 0 spiro atoms. The molecule has 0 bridgehead atoms. The van der Waals surface area contributed by atoms with E-state index in [4.69, 9.17) is 5.73 Å². The summed E-state index contributed by atoms with van der Waals surface area (Å²) < 4.78 is 0. The van der Waals surface area contributed by atoms with Gasteiger partial charge in [-0.1, -0.05) is 65.2 Å². The fraction of sp³-hybridized carbons (Fsp3) is 0.933. The summed E-state index contributed by atoms with van der Waals surface area (Å²) in [7, 11) is 0. The van der Waals surface area contributed by atoms with Gasteiger partial charge in [0, 0.05) is 6.54 Å². The van der Waals surface area contributed by atoms with E-state index in [1.54, 1.807) is 0 Å². The largest absolute Gasteiger partial charge is 0.355 e. The lowest BCUT2D eigenvalue weighted by Crippen LogP contribution is -2.40. The molecular weight excluding hydrogens is 224 g/mol. The second-order valence-corrected chi connectivity index (χ2v) is 5.16. The van der Waals surface area contributed by atoms with Crippen LogP contribution in [0, 0.1) is 0 Å². The minimum atomic E-state index is -0.316. The molecule has 0 heterocycles. The van der Waals surface area contributed by atoms with Crippen molar-refractivity contribution < 1.29 is 4.79 Å². The van der Waals surface area contributed by atoms with Gasteiger partial charge in [-0.3, -0.25) is 4.79 Å². The molecule has 18 heavy (non-hydrogen) atoms. The lowest BCUT2D eigenvalue weighted by atomic mass is 10.1. The molecule has 3 nitrogen and oxygen atoms in total. The molecule has 1 atom stereocenters. The van der Waals surface area contributed by atoms with Crippen LogP contribution in [0.3, 0.4) is 0 Å². The summed E-state index contributed by atoms with van der Waals surface area (Å²) in [6.45, 7) is 5.07. The summed E-state index contributed by atoms with van der Waals surface area (Å²) >= 11 is 0. The molecule has 0 radical (unpaired) electrons. The van der Waals surface area contributed by atoms with Gasteiger partial charge in [-0.2, -0.15) is 0 Å². The van der Waals surface area contributed by atoms with Gasteiger partial charge in [0.05, 0.1) is 6.04 Å². The first-order valence-electron chi connectivity index (χ1n) is 7.75. The predicted octanol–water partition coefficient (Wildman–Crippen LogP) is 3.37. The first-order chi connectivity index (χ1) is 8.72. The smallest absolute Gasteiger partial charge is 0.236 e. The van der Waals surface area contributed by atoms with E-state index in [1.807, 2.05) is 6.92 Å². The molecule has 0 unspecified atom stereocenters. The van der Waals surface area contributed by atoms with Crippen LogP contribution in [0.25, 0.3) is 0 Å². The van der Waals surface area contributed by atoms with E-state index in [1.165, 1.54) is 44.9 Å². The molecule has 0 saturated carbocycles. The summed E-state index contributed by atoms with van der Waals surface area (Å²) in [4.78, 5) is 11.5. The zero-order valence-electron chi connectivity index (χ0n) is 12.3. The Morgan fingerprint density at radius 1 is 0.944 bits per heavy atom. The second kappa shape index (κ2) is 12.9. The number of nitrogens with two attached hydrogens (primary N) is 1. The third kappa shape index (κ3) is 10.6. The number of amides is 1. The summed E-state index contributed by atoms with van der Waals surface area (Å²) in [5.41, 5.74) is 5.72. The quantitative estimate of drug-likeness (QED) is 0.526. The first-order valence-corrected chi connectivity index (χ1v) is 7.75. The number of rotatable bonds is 12. The zero-order valence-corrected chi connectivity index (χ0v) is 12.3. The summed E-state index contributed by atoms with van der Waals surface area (Å²) in [6.07, 6.45) is 12.1. The third-order valence-corrected chi connectivity index (χ3v) is 3.27. The van der Waals surface area contributed by atoms with E-state index in [2.05, 4.69) is 12.2 Å². The Bertz CT molecular complexity index is 195. The van der Waals surface area contributed by atoms with Gasteiger partial charge < -0.3 is 11.1 Å². The number of carbonyl (C=O) groups is 1. The Kier molecular flexibility index (Phi) is 12.5. The number of hydrogen-bond donors (Lipinski definition) is 2. The molecule has 0 aromatic carbocycles. The molecule has 0 aromatic heterocycles. The maximum Gasteiger partial charge on any atom is 0.236 e. The van der Waals surface area contributed by atoms with Crippen molar-refractivity contribution in [1.82, 2.24) is 5.32 Å². The molecule has 0 aromatic rings. The highest BCUT2D eigenvalue weighted by Gasteiger charge is 2.10. The molecule has 0 saturated heterocycles. The Balaban J connectivity index is 3.22. The highest BCUT2D eigenvalue weighted by atomic mass is 16.2. The monoisotopic (exact) mass is 256 g/mol. The van der Waals surface area contributed by atoms with Crippen molar-refractivity contribution in [2.24, 2.45) is 5.73 Å². The van der Waals surface area contributed by atoms with Crippen molar-refractivity contribution in [1.29, 1.82) is 0 Å². The standard InChI is InChI=1S/C15H32N2O/c1-3-5-6-7-8-9-10-11-13-17-15(18)14(16)12-4-2/h14H,3-13,16H2,1-2H3,(H,17,18)/t14-/m0/s1. The molecule has 0 aliphatic rings. The van der Waals surface area contributed by atoms with Gasteiger partial charge in [-0.25, -0.2) is 0 Å². The minimum Gasteiger partial charge on any atom is -0.355 e. The SMILES string of the molecule is CCCCCCCCCCNC(=O)[C@@H](N)CCC. The summed E-state index contributed by atoms with van der Waals surface area (Å²) in [5.74, 6) is 0.0137. The Hall–Kier alpha value is -0.570. The first kappa shape index (κ1) is 17.4. The van der Waals surface area contributed by atoms with Crippen LogP contribution < -0.4 is 11.1 Å². The van der Waals surface area contributed by atoms with Crippen LogP contribution in [0.1, 0.15) is 78.1 Å². The Morgan fingerprint density at radius 3 is 2.06 bits per heavy atom. The van der Waals surface area contributed by atoms with E-state index in [9.17, 15) is 4.79 Å². The fourth-order valence-corrected chi connectivity index (χ4v) is 2.04. The normalized spacial score (nSPS) is 12.4. The summed E-state index contributed by atoms with van der Waals surface area (Å²) in [5, 5.41) is 2.91. The van der Waals surface area contributed by atoms with Gasteiger partial charge >= 0.3 is 0 Å². The number of unbranched alkanes of at least 4 members (excludes halogenated alkanes) is 7. The van der Waals surface area contributed by atoms with E-state index >= 15 is 0 Å². The molecule has 0 aliphatic heterocycles. The summed E-state index contributed by atoms with van der Waals surface area (Å²) in [6, 6.07) is -0.316. The van der Waals surface area contributed by atoms with Gasteiger partial charge in [0.15, 0.2) is 0 Å². The number of carbonyl (C=O) groups excluding carboxylic acids is 1. The molecule has 0 fully saturated rings. The van der Waals surface area contributed by atoms with Crippen molar-refractivity contribution >= 4 is 5.91 Å². The van der Waals surface area contributed by atoms with E-state index in [-0.39, 0.29) is 11.9 Å². The highest BCUT2D eigenvalue weighted by Crippen LogP contribution is 2.07. The van der Waals surface area contributed by atoms with E-state index in [0.717, 1.165) is 25.8 Å². The van der Waals surface area contributed by atoms with E-state index in [0.29, 0.717) is 0 Å². The molecule has 3 N–H and O–H groups in total. The van der Waals surface area contributed by atoms with Crippen LogP contribution >= 0.6 is 0 Å². The topological polar surface area (TPSA) is 55.1 Å². The maximum atomic E-state index is 11.5. The predicted molar refractivity (Wildman–Crippen MR) is 78.5 cm³/mol. The van der Waals surface area contributed by atoms with Crippen LogP contribution in [0.5, 0.6) is 0 Å². The van der Waals surface area contributed by atoms with Gasteiger partial charge in [0.2, 0.25) is 5.91 Å². The average Bonchev–Trinajstić information content (AvgIpc) is 2.36. The fourth-order valence-electron chi connectivity index (χ4n) is 2.04. The molecule has 0 rings (SSSR count). The van der Waals surface area contributed by atoms with E-state index < -0.39 is 0 Å². The Labute approximate surface area is 113 Å². The van der Waals surface area contributed by atoms with Crippen molar-refractivity contribution in [2.75, 3.05) is 6.54 Å². The van der Waals surface area contributed by atoms with Crippen LogP contribution in [-0.4, -0.2) is 18.5 Å². The van der Waals surface area contributed by atoms with Gasteiger partial charge in [0.1, 0.15) is 0 Å². The van der Waals surface area contributed by atoms with Gasteiger partial charge in [0.25, 0.3) is 0 Å². The molecule has 3 heteroatoms.